The molecule has 2 aromatic rings. The van der Waals surface area contributed by atoms with E-state index in [2.05, 4.69) is 41.6 Å². The number of carbonyl (C=O) groups is 1. The van der Waals surface area contributed by atoms with Gasteiger partial charge in [-0.2, -0.15) is 5.10 Å². The van der Waals surface area contributed by atoms with Gasteiger partial charge in [-0.05, 0) is 69.5 Å². The van der Waals surface area contributed by atoms with Crippen LogP contribution in [0.25, 0.3) is 0 Å². The lowest BCUT2D eigenvalue weighted by atomic mass is 9.90. The average molecular weight is 381 g/mol. The summed E-state index contributed by atoms with van der Waals surface area (Å²) in [7, 11) is 0. The number of aryl methyl sites for hydroxylation is 2. The maximum Gasteiger partial charge on any atom is 0.274 e. The summed E-state index contributed by atoms with van der Waals surface area (Å²) in [6.07, 6.45) is 8.83. The summed E-state index contributed by atoms with van der Waals surface area (Å²) in [4.78, 5) is 14.8. The van der Waals surface area contributed by atoms with Crippen LogP contribution in [0.3, 0.4) is 0 Å². The Morgan fingerprint density at radius 2 is 1.93 bits per heavy atom. The second-order valence-corrected chi connectivity index (χ2v) is 8.44. The predicted molar refractivity (Wildman–Crippen MR) is 111 cm³/mol. The molecule has 2 aliphatic rings. The van der Waals surface area contributed by atoms with Crippen LogP contribution in [0.2, 0.25) is 0 Å². The molecule has 5 heteroatoms. The van der Waals surface area contributed by atoms with Crippen molar-refractivity contribution in [2.45, 2.75) is 51.5 Å². The van der Waals surface area contributed by atoms with Crippen LogP contribution in [-0.4, -0.2) is 46.8 Å². The Kier molecular flexibility index (Phi) is 6.10. The van der Waals surface area contributed by atoms with Gasteiger partial charge < -0.3 is 10.2 Å². The Labute approximate surface area is 168 Å². The summed E-state index contributed by atoms with van der Waals surface area (Å²) in [6, 6.07) is 11.1. The number of nitrogens with one attached hydrogen (secondary N) is 1. The molecule has 4 rings (SSSR count). The van der Waals surface area contributed by atoms with Crippen molar-refractivity contribution < 1.29 is 4.79 Å². The van der Waals surface area contributed by atoms with Gasteiger partial charge in [0.1, 0.15) is 5.69 Å². The molecular weight excluding hydrogens is 348 g/mol. The third kappa shape index (κ3) is 4.64. The Morgan fingerprint density at radius 1 is 1.14 bits per heavy atom. The van der Waals surface area contributed by atoms with Gasteiger partial charge in [-0.25, -0.2) is 0 Å². The highest BCUT2D eigenvalue weighted by Gasteiger charge is 2.25. The van der Waals surface area contributed by atoms with Crippen molar-refractivity contribution >= 4 is 5.91 Å². The molecule has 1 aromatic carbocycles. The smallest absolute Gasteiger partial charge is 0.274 e. The summed E-state index contributed by atoms with van der Waals surface area (Å²) >= 11 is 0. The lowest BCUT2D eigenvalue weighted by Crippen LogP contribution is -2.39. The van der Waals surface area contributed by atoms with E-state index in [1.54, 1.807) is 0 Å². The molecule has 0 saturated carbocycles. The molecule has 150 valence electrons. The lowest BCUT2D eigenvalue weighted by Gasteiger charge is -2.31. The SMILES string of the molecule is Cc1ccc(CCC2CCN(C(=O)c3ccn(C4CCCNC4)n3)CC2)cc1. The molecule has 1 unspecified atom stereocenters. The van der Waals surface area contributed by atoms with E-state index in [1.165, 1.54) is 24.0 Å². The normalized spacial score (nSPS) is 21.0. The van der Waals surface area contributed by atoms with Gasteiger partial charge in [0.15, 0.2) is 0 Å². The first-order chi connectivity index (χ1) is 13.7. The van der Waals surface area contributed by atoms with E-state index in [0.717, 1.165) is 57.8 Å². The van der Waals surface area contributed by atoms with E-state index >= 15 is 0 Å². The highest BCUT2D eigenvalue weighted by atomic mass is 16.2. The van der Waals surface area contributed by atoms with Crippen molar-refractivity contribution in [3.63, 3.8) is 0 Å². The molecule has 0 aliphatic carbocycles. The highest BCUT2D eigenvalue weighted by molar-refractivity contribution is 5.92. The number of benzene rings is 1. The molecule has 0 bridgehead atoms. The predicted octanol–water partition coefficient (Wildman–Crippen LogP) is 3.60. The molecule has 1 aromatic heterocycles. The fourth-order valence-electron chi connectivity index (χ4n) is 4.43. The van der Waals surface area contributed by atoms with Crippen LogP contribution in [0.1, 0.15) is 59.8 Å². The van der Waals surface area contributed by atoms with Gasteiger partial charge in [-0.3, -0.25) is 9.48 Å². The molecule has 2 fully saturated rings. The minimum Gasteiger partial charge on any atom is -0.337 e. The highest BCUT2D eigenvalue weighted by Crippen LogP contribution is 2.24. The van der Waals surface area contributed by atoms with E-state index in [-0.39, 0.29) is 5.91 Å². The second kappa shape index (κ2) is 8.91. The van der Waals surface area contributed by atoms with E-state index in [9.17, 15) is 4.79 Å². The van der Waals surface area contributed by atoms with E-state index in [0.29, 0.717) is 11.7 Å². The monoisotopic (exact) mass is 380 g/mol. The summed E-state index contributed by atoms with van der Waals surface area (Å²) in [5.41, 5.74) is 3.34. The lowest BCUT2D eigenvalue weighted by molar-refractivity contribution is 0.0679. The minimum absolute atomic E-state index is 0.0968. The minimum atomic E-state index is 0.0968. The average Bonchev–Trinajstić information content (AvgIpc) is 3.24. The summed E-state index contributed by atoms with van der Waals surface area (Å²) in [5, 5.41) is 8.01. The molecular formula is C23H32N4O. The zero-order valence-corrected chi connectivity index (χ0v) is 16.9. The number of hydrogen-bond donors (Lipinski definition) is 1. The molecule has 5 nitrogen and oxygen atoms in total. The molecule has 2 saturated heterocycles. The number of piperidine rings is 2. The van der Waals surface area contributed by atoms with Crippen molar-refractivity contribution in [2.24, 2.45) is 5.92 Å². The van der Waals surface area contributed by atoms with Gasteiger partial charge in [0.25, 0.3) is 5.91 Å². The molecule has 2 aliphatic heterocycles. The second-order valence-electron chi connectivity index (χ2n) is 8.44. The Bertz CT molecular complexity index is 768. The fourth-order valence-corrected chi connectivity index (χ4v) is 4.43. The molecule has 0 radical (unpaired) electrons. The van der Waals surface area contributed by atoms with E-state index < -0.39 is 0 Å². The first-order valence-electron chi connectivity index (χ1n) is 10.8. The number of hydrogen-bond acceptors (Lipinski definition) is 3. The van der Waals surface area contributed by atoms with Crippen LogP contribution in [0.5, 0.6) is 0 Å². The number of likely N-dealkylation sites (tertiary alicyclic amines) is 1. The van der Waals surface area contributed by atoms with Gasteiger partial charge in [0, 0.05) is 25.8 Å². The van der Waals surface area contributed by atoms with Crippen molar-refractivity contribution in [1.29, 1.82) is 0 Å². The number of carbonyl (C=O) groups excluding carboxylic acids is 1. The van der Waals surface area contributed by atoms with Gasteiger partial charge in [-0.15, -0.1) is 0 Å². The van der Waals surface area contributed by atoms with Gasteiger partial charge in [0.2, 0.25) is 0 Å². The Morgan fingerprint density at radius 3 is 2.64 bits per heavy atom. The van der Waals surface area contributed by atoms with Crippen LogP contribution in [0.15, 0.2) is 36.5 Å². The first-order valence-corrected chi connectivity index (χ1v) is 10.8. The van der Waals surface area contributed by atoms with E-state index in [4.69, 9.17) is 0 Å². The number of nitrogens with zero attached hydrogens (tertiary/aromatic N) is 3. The molecule has 0 spiro atoms. The standard InChI is InChI=1S/C23H32N4O/c1-18-4-6-19(7-5-18)8-9-20-10-14-26(15-11-20)23(28)22-12-16-27(25-22)21-3-2-13-24-17-21/h4-7,12,16,20-21,24H,2-3,8-11,13-15,17H2,1H3. The zero-order valence-electron chi connectivity index (χ0n) is 16.9. The van der Waals surface area contributed by atoms with Gasteiger partial charge in [-0.1, -0.05) is 29.8 Å². The van der Waals surface area contributed by atoms with Crippen LogP contribution in [0.4, 0.5) is 0 Å². The molecule has 1 atom stereocenters. The molecule has 1 N–H and O–H groups in total. The molecule has 28 heavy (non-hydrogen) atoms. The van der Waals surface area contributed by atoms with Crippen LogP contribution in [-0.2, 0) is 6.42 Å². The van der Waals surface area contributed by atoms with Gasteiger partial charge in [0.05, 0.1) is 6.04 Å². The first kappa shape index (κ1) is 19.2. The Hall–Kier alpha value is -2.14. The third-order valence-corrected chi connectivity index (χ3v) is 6.34. The molecule has 1 amide bonds. The topological polar surface area (TPSA) is 50.2 Å². The summed E-state index contributed by atoms with van der Waals surface area (Å²) < 4.78 is 1.98. The Balaban J connectivity index is 1.25. The summed E-state index contributed by atoms with van der Waals surface area (Å²) in [5.74, 6) is 0.815. The maximum absolute atomic E-state index is 12.8. The quantitative estimate of drug-likeness (QED) is 0.862. The van der Waals surface area contributed by atoms with Crippen molar-refractivity contribution in [2.75, 3.05) is 26.2 Å². The van der Waals surface area contributed by atoms with Gasteiger partial charge >= 0.3 is 0 Å². The fraction of sp³-hybridized carbons (Fsp3) is 0.565. The zero-order chi connectivity index (χ0) is 19.3. The summed E-state index contributed by atoms with van der Waals surface area (Å²) in [6.45, 7) is 5.88. The van der Waals surface area contributed by atoms with Crippen molar-refractivity contribution in [3.05, 3.63) is 53.3 Å². The maximum atomic E-state index is 12.8. The van der Waals surface area contributed by atoms with Crippen molar-refractivity contribution in [1.82, 2.24) is 20.0 Å². The number of aromatic nitrogens is 2. The van der Waals surface area contributed by atoms with Crippen LogP contribution in [0, 0.1) is 12.8 Å². The third-order valence-electron chi connectivity index (χ3n) is 6.34. The largest absolute Gasteiger partial charge is 0.337 e. The van der Waals surface area contributed by atoms with E-state index in [1.807, 2.05) is 21.8 Å². The number of amides is 1. The van der Waals surface area contributed by atoms with Crippen LogP contribution >= 0.6 is 0 Å². The molecule has 3 heterocycles. The van der Waals surface area contributed by atoms with Crippen LogP contribution < -0.4 is 5.32 Å². The number of rotatable bonds is 5. The van der Waals surface area contributed by atoms with Crippen molar-refractivity contribution in [3.8, 4) is 0 Å².